The van der Waals surface area contributed by atoms with Crippen molar-refractivity contribution >= 4 is 22.6 Å². The van der Waals surface area contributed by atoms with Crippen molar-refractivity contribution in [2.24, 2.45) is 11.8 Å². The molecule has 0 spiro atoms. The van der Waals surface area contributed by atoms with Gasteiger partial charge in [0.15, 0.2) is 0 Å². The lowest BCUT2D eigenvalue weighted by atomic mass is 9.92. The predicted molar refractivity (Wildman–Crippen MR) is 67.1 cm³/mol. The summed E-state index contributed by atoms with van der Waals surface area (Å²) in [6.45, 7) is 4.53. The van der Waals surface area contributed by atoms with Crippen LogP contribution in [0.15, 0.2) is 0 Å². The highest BCUT2D eigenvalue weighted by Gasteiger charge is 2.46. The molecule has 3 atom stereocenters. The molecule has 84 valence electrons. The second-order valence-electron chi connectivity index (χ2n) is 4.31. The molecule has 14 heavy (non-hydrogen) atoms. The van der Waals surface area contributed by atoms with Crippen LogP contribution in [0.1, 0.15) is 39.5 Å². The van der Waals surface area contributed by atoms with Gasteiger partial charge in [0.1, 0.15) is 0 Å². The van der Waals surface area contributed by atoms with Gasteiger partial charge in [0.2, 0.25) is 0 Å². The Hall–Kier alpha value is 0.500. The van der Waals surface area contributed by atoms with E-state index in [2.05, 4.69) is 20.1 Å². The molecular formula is C11H22OS2. The Morgan fingerprint density at radius 2 is 1.71 bits per heavy atom. The molecule has 1 aliphatic rings. The summed E-state index contributed by atoms with van der Waals surface area (Å²) in [5.74, 6) is 1.60. The fraction of sp³-hybridized carbons (Fsp3) is 1.00. The zero-order chi connectivity index (χ0) is 10.8. The summed E-state index contributed by atoms with van der Waals surface area (Å²) in [4.78, 5) is 0. The number of thioether (sulfide) groups is 1. The Labute approximate surface area is 94.9 Å². The van der Waals surface area contributed by atoms with Crippen molar-refractivity contribution in [1.82, 2.24) is 0 Å². The van der Waals surface area contributed by atoms with Gasteiger partial charge < -0.3 is 0 Å². The van der Waals surface area contributed by atoms with Crippen molar-refractivity contribution < 1.29 is 4.21 Å². The van der Waals surface area contributed by atoms with E-state index in [0.717, 1.165) is 24.7 Å². The SMILES string of the molecule is CC[C@H]1CC(SC)(S(C)=O)C[C@@H]1CC. The number of rotatable bonds is 4. The average Bonchev–Trinajstić information content (AvgIpc) is 2.57. The van der Waals surface area contributed by atoms with E-state index in [-0.39, 0.29) is 4.08 Å². The molecule has 0 aromatic heterocycles. The Morgan fingerprint density at radius 1 is 1.29 bits per heavy atom. The highest BCUT2D eigenvalue weighted by molar-refractivity contribution is 8.11. The standard InChI is InChI=1S/C11H22OS2/c1-5-9-7-11(13-3,14(4)12)8-10(9)6-2/h9-10H,5-8H2,1-4H3/t9-,10-,14?/m0/s1. The van der Waals surface area contributed by atoms with Crippen molar-refractivity contribution in [1.29, 1.82) is 0 Å². The predicted octanol–water partition coefficient (Wildman–Crippen LogP) is 3.27. The van der Waals surface area contributed by atoms with E-state index < -0.39 is 10.8 Å². The smallest absolute Gasteiger partial charge is 0.0908 e. The molecule has 0 amide bonds. The summed E-state index contributed by atoms with van der Waals surface area (Å²) in [6, 6.07) is 0. The maximum Gasteiger partial charge on any atom is 0.0908 e. The maximum atomic E-state index is 11.8. The van der Waals surface area contributed by atoms with Crippen LogP contribution in [-0.4, -0.2) is 20.8 Å². The molecule has 3 heteroatoms. The molecule has 0 radical (unpaired) electrons. The zero-order valence-electron chi connectivity index (χ0n) is 9.71. The van der Waals surface area contributed by atoms with Gasteiger partial charge in [-0.1, -0.05) is 26.7 Å². The van der Waals surface area contributed by atoms with Crippen LogP contribution in [0.3, 0.4) is 0 Å². The van der Waals surface area contributed by atoms with Gasteiger partial charge in [-0.2, -0.15) is 0 Å². The summed E-state index contributed by atoms with van der Waals surface area (Å²) in [6.07, 6.45) is 8.81. The van der Waals surface area contributed by atoms with Gasteiger partial charge in [0.25, 0.3) is 0 Å². The second kappa shape index (κ2) is 5.02. The lowest BCUT2D eigenvalue weighted by Crippen LogP contribution is -2.26. The molecular weight excluding hydrogens is 212 g/mol. The maximum absolute atomic E-state index is 11.8. The Bertz CT molecular complexity index is 203. The Morgan fingerprint density at radius 3 is 1.93 bits per heavy atom. The van der Waals surface area contributed by atoms with Crippen molar-refractivity contribution in [3.8, 4) is 0 Å². The van der Waals surface area contributed by atoms with Crippen molar-refractivity contribution in [3.63, 3.8) is 0 Å². The van der Waals surface area contributed by atoms with Gasteiger partial charge in [-0.25, -0.2) is 0 Å². The van der Waals surface area contributed by atoms with Gasteiger partial charge in [-0.05, 0) is 30.9 Å². The van der Waals surface area contributed by atoms with Crippen molar-refractivity contribution in [2.75, 3.05) is 12.5 Å². The molecule has 0 aromatic carbocycles. The largest absolute Gasteiger partial charge is 0.258 e. The molecule has 0 aromatic rings. The highest BCUT2D eigenvalue weighted by atomic mass is 32.2. The second-order valence-corrected chi connectivity index (χ2v) is 7.45. The van der Waals surface area contributed by atoms with E-state index in [1.807, 2.05) is 18.0 Å². The number of hydrogen-bond donors (Lipinski definition) is 0. The van der Waals surface area contributed by atoms with Gasteiger partial charge in [0.05, 0.1) is 4.08 Å². The van der Waals surface area contributed by atoms with Gasteiger partial charge in [-0.15, -0.1) is 11.8 Å². The van der Waals surface area contributed by atoms with E-state index >= 15 is 0 Å². The van der Waals surface area contributed by atoms with Gasteiger partial charge >= 0.3 is 0 Å². The minimum absolute atomic E-state index is 0.0708. The molecule has 1 nitrogen and oxygen atoms in total. The number of hydrogen-bond acceptors (Lipinski definition) is 2. The summed E-state index contributed by atoms with van der Waals surface area (Å²) in [7, 11) is -0.681. The van der Waals surface area contributed by atoms with Crippen LogP contribution in [-0.2, 0) is 10.8 Å². The van der Waals surface area contributed by atoms with E-state index in [4.69, 9.17) is 0 Å². The molecule has 0 saturated heterocycles. The zero-order valence-corrected chi connectivity index (χ0v) is 11.3. The first-order valence-electron chi connectivity index (χ1n) is 5.48. The third kappa shape index (κ3) is 2.19. The summed E-state index contributed by atoms with van der Waals surface area (Å²) in [5.41, 5.74) is 0. The van der Waals surface area contributed by atoms with Crippen LogP contribution < -0.4 is 0 Å². The molecule has 1 aliphatic carbocycles. The van der Waals surface area contributed by atoms with Crippen LogP contribution in [0.4, 0.5) is 0 Å². The normalized spacial score (nSPS) is 33.1. The first kappa shape index (κ1) is 12.6. The summed E-state index contributed by atoms with van der Waals surface area (Å²) in [5, 5.41) is 0. The molecule has 0 aliphatic heterocycles. The van der Waals surface area contributed by atoms with E-state index in [1.54, 1.807) is 0 Å². The Kier molecular flexibility index (Phi) is 4.51. The molecule has 0 N–H and O–H groups in total. The van der Waals surface area contributed by atoms with Crippen LogP contribution in [0.25, 0.3) is 0 Å². The third-order valence-corrected chi connectivity index (χ3v) is 7.42. The highest BCUT2D eigenvalue weighted by Crippen LogP contribution is 2.50. The van der Waals surface area contributed by atoms with Crippen LogP contribution in [0.2, 0.25) is 0 Å². The lowest BCUT2D eigenvalue weighted by molar-refractivity contribution is 0.367. The van der Waals surface area contributed by atoms with Crippen LogP contribution in [0, 0.1) is 11.8 Å². The minimum atomic E-state index is -0.681. The molecule has 0 bridgehead atoms. The molecule has 1 rings (SSSR count). The average molecular weight is 234 g/mol. The van der Waals surface area contributed by atoms with Crippen LogP contribution >= 0.6 is 11.8 Å². The van der Waals surface area contributed by atoms with E-state index in [0.29, 0.717) is 0 Å². The third-order valence-electron chi connectivity index (χ3n) is 3.76. The Balaban J connectivity index is 2.80. The monoisotopic (exact) mass is 234 g/mol. The first-order valence-corrected chi connectivity index (χ1v) is 8.26. The van der Waals surface area contributed by atoms with Gasteiger partial charge in [-0.3, -0.25) is 4.21 Å². The van der Waals surface area contributed by atoms with Crippen molar-refractivity contribution in [3.05, 3.63) is 0 Å². The summed E-state index contributed by atoms with van der Waals surface area (Å²) >= 11 is 1.83. The molecule has 1 unspecified atom stereocenters. The van der Waals surface area contributed by atoms with E-state index in [1.165, 1.54) is 12.8 Å². The fourth-order valence-electron chi connectivity index (χ4n) is 2.69. The van der Waals surface area contributed by atoms with Crippen molar-refractivity contribution in [2.45, 2.75) is 43.6 Å². The van der Waals surface area contributed by atoms with Gasteiger partial charge in [0, 0.05) is 17.1 Å². The van der Waals surface area contributed by atoms with E-state index in [9.17, 15) is 4.21 Å². The molecule has 0 heterocycles. The first-order chi connectivity index (χ1) is 6.59. The lowest BCUT2D eigenvalue weighted by Gasteiger charge is -2.24. The van der Waals surface area contributed by atoms with Crippen LogP contribution in [0.5, 0.6) is 0 Å². The fourth-order valence-corrected chi connectivity index (χ4v) is 5.29. The molecule has 1 fully saturated rings. The molecule has 1 saturated carbocycles. The minimum Gasteiger partial charge on any atom is -0.258 e. The topological polar surface area (TPSA) is 17.1 Å². The quantitative estimate of drug-likeness (QED) is 0.742. The summed E-state index contributed by atoms with van der Waals surface area (Å²) < 4.78 is 11.9.